The minimum absolute atomic E-state index is 0.0767. The quantitative estimate of drug-likeness (QED) is 0.892. The summed E-state index contributed by atoms with van der Waals surface area (Å²) in [6.07, 6.45) is 1.97. The van der Waals surface area contributed by atoms with Crippen LogP contribution in [0, 0.1) is 0 Å². The molecule has 16 heavy (non-hydrogen) atoms. The standard InChI is InChI=1S/C10H16ClN3OS/c1-7(12)9-6-14(2-3-15-9)5-8-4-13-10(11)16-8/h4,7,9H,2-3,5-6,12H2,1H3. The van der Waals surface area contributed by atoms with Crippen LogP contribution in [0.1, 0.15) is 11.8 Å². The molecule has 6 heteroatoms. The van der Waals surface area contributed by atoms with Crippen LogP contribution in [0.4, 0.5) is 0 Å². The molecule has 0 saturated carbocycles. The lowest BCUT2D eigenvalue weighted by Crippen LogP contribution is -2.49. The Balaban J connectivity index is 1.90. The monoisotopic (exact) mass is 261 g/mol. The highest BCUT2D eigenvalue weighted by atomic mass is 35.5. The molecule has 0 amide bonds. The number of nitrogens with two attached hydrogens (primary N) is 1. The summed E-state index contributed by atoms with van der Waals surface area (Å²) < 4.78 is 6.21. The van der Waals surface area contributed by atoms with Crippen molar-refractivity contribution >= 4 is 22.9 Å². The first kappa shape index (κ1) is 12.3. The van der Waals surface area contributed by atoms with Gasteiger partial charge < -0.3 is 10.5 Å². The van der Waals surface area contributed by atoms with E-state index in [-0.39, 0.29) is 12.1 Å². The van der Waals surface area contributed by atoms with E-state index >= 15 is 0 Å². The number of aromatic nitrogens is 1. The van der Waals surface area contributed by atoms with Crippen molar-refractivity contribution in [3.8, 4) is 0 Å². The third-order valence-electron chi connectivity index (χ3n) is 2.67. The van der Waals surface area contributed by atoms with Gasteiger partial charge in [0.25, 0.3) is 0 Å². The highest BCUT2D eigenvalue weighted by molar-refractivity contribution is 7.15. The molecule has 2 unspecified atom stereocenters. The zero-order chi connectivity index (χ0) is 11.5. The Hall–Kier alpha value is -0.200. The number of hydrogen-bond acceptors (Lipinski definition) is 5. The maximum atomic E-state index is 5.84. The van der Waals surface area contributed by atoms with E-state index in [4.69, 9.17) is 22.1 Å². The van der Waals surface area contributed by atoms with Gasteiger partial charge in [-0.1, -0.05) is 11.6 Å². The molecular formula is C10H16ClN3OS. The lowest BCUT2D eigenvalue weighted by Gasteiger charge is -2.34. The second-order valence-electron chi connectivity index (χ2n) is 4.08. The second kappa shape index (κ2) is 5.42. The number of nitrogens with zero attached hydrogens (tertiary/aromatic N) is 2. The summed E-state index contributed by atoms with van der Waals surface area (Å²) in [5.74, 6) is 0. The number of rotatable bonds is 3. The molecule has 1 aromatic rings. The SMILES string of the molecule is CC(N)C1CN(Cc2cnc(Cl)s2)CCO1. The van der Waals surface area contributed by atoms with E-state index in [1.807, 2.05) is 13.1 Å². The van der Waals surface area contributed by atoms with Gasteiger partial charge in [-0.15, -0.1) is 11.3 Å². The van der Waals surface area contributed by atoms with Gasteiger partial charge in [0.1, 0.15) is 0 Å². The van der Waals surface area contributed by atoms with Crippen LogP contribution in [0.25, 0.3) is 0 Å². The Morgan fingerprint density at radius 2 is 2.62 bits per heavy atom. The van der Waals surface area contributed by atoms with Crippen LogP contribution in [-0.4, -0.2) is 41.7 Å². The van der Waals surface area contributed by atoms with Gasteiger partial charge in [-0.25, -0.2) is 4.98 Å². The molecule has 0 aliphatic carbocycles. The van der Waals surface area contributed by atoms with Gasteiger partial charge in [0.2, 0.25) is 0 Å². The summed E-state index contributed by atoms with van der Waals surface area (Å²) in [5.41, 5.74) is 5.84. The van der Waals surface area contributed by atoms with Gasteiger partial charge >= 0.3 is 0 Å². The fourth-order valence-corrected chi connectivity index (χ4v) is 2.79. The number of halogens is 1. The molecule has 0 aromatic carbocycles. The Bertz CT molecular complexity index is 345. The molecule has 2 N–H and O–H groups in total. The molecule has 2 atom stereocenters. The maximum Gasteiger partial charge on any atom is 0.183 e. The first-order valence-electron chi connectivity index (χ1n) is 5.35. The molecule has 0 bridgehead atoms. The Labute approximate surface area is 104 Å². The van der Waals surface area contributed by atoms with Crippen molar-refractivity contribution in [2.75, 3.05) is 19.7 Å². The zero-order valence-electron chi connectivity index (χ0n) is 9.23. The highest BCUT2D eigenvalue weighted by Crippen LogP contribution is 2.20. The van der Waals surface area contributed by atoms with Crippen molar-refractivity contribution < 1.29 is 4.74 Å². The summed E-state index contributed by atoms with van der Waals surface area (Å²) in [7, 11) is 0. The molecule has 1 fully saturated rings. The average molecular weight is 262 g/mol. The minimum atomic E-state index is 0.0767. The summed E-state index contributed by atoms with van der Waals surface area (Å²) in [4.78, 5) is 7.56. The lowest BCUT2D eigenvalue weighted by atomic mass is 10.1. The summed E-state index contributed by atoms with van der Waals surface area (Å²) >= 11 is 7.33. The molecule has 2 heterocycles. The second-order valence-corrected chi connectivity index (χ2v) is 5.78. The van der Waals surface area contributed by atoms with E-state index in [0.29, 0.717) is 4.47 Å². The van der Waals surface area contributed by atoms with E-state index in [0.717, 1.165) is 26.2 Å². The fourth-order valence-electron chi connectivity index (χ4n) is 1.77. The molecule has 1 aliphatic rings. The average Bonchev–Trinajstić information content (AvgIpc) is 2.64. The van der Waals surface area contributed by atoms with Crippen LogP contribution in [0.15, 0.2) is 6.20 Å². The predicted molar refractivity (Wildman–Crippen MR) is 65.8 cm³/mol. The van der Waals surface area contributed by atoms with E-state index in [2.05, 4.69) is 9.88 Å². The van der Waals surface area contributed by atoms with Gasteiger partial charge in [0, 0.05) is 36.8 Å². The molecule has 1 aliphatic heterocycles. The number of hydrogen-bond donors (Lipinski definition) is 1. The van der Waals surface area contributed by atoms with E-state index in [1.54, 1.807) is 0 Å². The molecule has 0 radical (unpaired) electrons. The number of thiazole rings is 1. The van der Waals surface area contributed by atoms with Crippen LogP contribution >= 0.6 is 22.9 Å². The van der Waals surface area contributed by atoms with Gasteiger partial charge in [-0.2, -0.15) is 0 Å². The molecular weight excluding hydrogens is 246 g/mol. The smallest absolute Gasteiger partial charge is 0.183 e. The van der Waals surface area contributed by atoms with E-state index in [9.17, 15) is 0 Å². The zero-order valence-corrected chi connectivity index (χ0v) is 10.8. The third-order valence-corrected chi connectivity index (χ3v) is 3.77. The van der Waals surface area contributed by atoms with Crippen LogP contribution in [0.5, 0.6) is 0 Å². The van der Waals surface area contributed by atoms with Gasteiger partial charge in [0.15, 0.2) is 4.47 Å². The van der Waals surface area contributed by atoms with Crippen molar-refractivity contribution in [3.63, 3.8) is 0 Å². The van der Waals surface area contributed by atoms with Gasteiger partial charge in [-0.05, 0) is 6.92 Å². The fraction of sp³-hybridized carbons (Fsp3) is 0.700. The molecule has 4 nitrogen and oxygen atoms in total. The van der Waals surface area contributed by atoms with Gasteiger partial charge in [-0.3, -0.25) is 4.90 Å². The normalized spacial score (nSPS) is 24.6. The Kier molecular flexibility index (Phi) is 4.16. The first-order chi connectivity index (χ1) is 7.65. The number of morpholine rings is 1. The van der Waals surface area contributed by atoms with Crippen LogP contribution in [0.3, 0.4) is 0 Å². The molecule has 0 spiro atoms. The number of ether oxygens (including phenoxy) is 1. The summed E-state index contributed by atoms with van der Waals surface area (Å²) in [6.45, 7) is 5.44. The van der Waals surface area contributed by atoms with Crippen molar-refractivity contribution in [3.05, 3.63) is 15.5 Å². The topological polar surface area (TPSA) is 51.4 Å². The Morgan fingerprint density at radius 3 is 3.25 bits per heavy atom. The highest BCUT2D eigenvalue weighted by Gasteiger charge is 2.23. The van der Waals surface area contributed by atoms with Crippen molar-refractivity contribution in [1.82, 2.24) is 9.88 Å². The van der Waals surface area contributed by atoms with Crippen LogP contribution in [-0.2, 0) is 11.3 Å². The summed E-state index contributed by atoms with van der Waals surface area (Å²) in [6, 6.07) is 0.0767. The van der Waals surface area contributed by atoms with Crippen LogP contribution in [0.2, 0.25) is 4.47 Å². The van der Waals surface area contributed by atoms with E-state index < -0.39 is 0 Å². The van der Waals surface area contributed by atoms with Gasteiger partial charge in [0.05, 0.1) is 12.7 Å². The molecule has 1 aromatic heterocycles. The lowest BCUT2D eigenvalue weighted by molar-refractivity contribution is -0.0400. The first-order valence-corrected chi connectivity index (χ1v) is 6.54. The Morgan fingerprint density at radius 1 is 1.81 bits per heavy atom. The summed E-state index contributed by atoms with van der Waals surface area (Å²) in [5, 5.41) is 0. The van der Waals surface area contributed by atoms with Crippen molar-refractivity contribution in [1.29, 1.82) is 0 Å². The third kappa shape index (κ3) is 3.15. The van der Waals surface area contributed by atoms with Crippen molar-refractivity contribution in [2.45, 2.75) is 25.6 Å². The maximum absolute atomic E-state index is 5.84. The predicted octanol–water partition coefficient (Wildman–Crippen LogP) is 1.34. The van der Waals surface area contributed by atoms with Crippen LogP contribution < -0.4 is 5.73 Å². The minimum Gasteiger partial charge on any atom is -0.374 e. The van der Waals surface area contributed by atoms with E-state index in [1.165, 1.54) is 16.2 Å². The molecule has 1 saturated heterocycles. The largest absolute Gasteiger partial charge is 0.374 e. The molecule has 90 valence electrons. The van der Waals surface area contributed by atoms with Crippen molar-refractivity contribution in [2.24, 2.45) is 5.73 Å². The molecule has 2 rings (SSSR count).